The van der Waals surface area contributed by atoms with Gasteiger partial charge in [0.1, 0.15) is 18.1 Å². The van der Waals surface area contributed by atoms with E-state index in [4.69, 9.17) is 25.5 Å². The highest BCUT2D eigenvalue weighted by molar-refractivity contribution is 9.10. The Hall–Kier alpha value is -1.99. The van der Waals surface area contributed by atoms with Crippen LogP contribution < -0.4 is 4.74 Å². The molecule has 0 aliphatic rings. The molecule has 0 saturated carbocycles. The quantitative estimate of drug-likeness (QED) is 0.686. The molecular weight excluding hydrogens is 392 g/mol. The second-order valence-corrected chi connectivity index (χ2v) is 5.60. The van der Waals surface area contributed by atoms with Crippen molar-refractivity contribution in [3.8, 4) is 5.75 Å². The maximum atomic E-state index is 11.6. The van der Waals surface area contributed by atoms with Crippen LogP contribution in [0.15, 0.2) is 39.2 Å². The van der Waals surface area contributed by atoms with Gasteiger partial charge in [0.25, 0.3) is 0 Å². The Bertz CT molecular complexity index is 712. The molecule has 1 aromatic heterocycles. The maximum Gasteiger partial charge on any atom is 0.373 e. The highest BCUT2D eigenvalue weighted by atomic mass is 79.9. The Morgan fingerprint density at radius 3 is 2.74 bits per heavy atom. The summed E-state index contributed by atoms with van der Waals surface area (Å²) in [5.74, 6) is -0.467. The van der Waals surface area contributed by atoms with Crippen LogP contribution in [0.4, 0.5) is 0 Å². The maximum absolute atomic E-state index is 11.6. The first-order valence-corrected chi connectivity index (χ1v) is 7.57. The molecule has 1 aromatic carbocycles. The smallest absolute Gasteiger partial charge is 0.373 e. The van der Waals surface area contributed by atoms with Gasteiger partial charge in [-0.05, 0) is 30.3 Å². The van der Waals surface area contributed by atoms with E-state index in [1.807, 2.05) is 0 Å². The minimum Gasteiger partial charge on any atom is -0.480 e. The summed E-state index contributed by atoms with van der Waals surface area (Å²) in [6, 6.07) is 7.98. The molecule has 0 N–H and O–H groups in total. The molecule has 0 bridgehead atoms. The number of rotatable bonds is 6. The SMILES string of the molecule is COC(=O)c1ccc(COC(=O)COc2ccc(Br)cc2Cl)o1. The third kappa shape index (κ3) is 5.01. The van der Waals surface area contributed by atoms with Gasteiger partial charge < -0.3 is 18.6 Å². The Labute approximate surface area is 145 Å². The highest BCUT2D eigenvalue weighted by Crippen LogP contribution is 2.27. The average molecular weight is 404 g/mol. The number of carbonyl (C=O) groups is 2. The van der Waals surface area contributed by atoms with Crippen molar-refractivity contribution in [2.75, 3.05) is 13.7 Å². The number of carbonyl (C=O) groups excluding carboxylic acids is 2. The van der Waals surface area contributed by atoms with E-state index >= 15 is 0 Å². The van der Waals surface area contributed by atoms with Crippen LogP contribution in [-0.2, 0) is 20.9 Å². The van der Waals surface area contributed by atoms with Gasteiger partial charge >= 0.3 is 11.9 Å². The summed E-state index contributed by atoms with van der Waals surface area (Å²) in [7, 11) is 1.25. The fourth-order valence-corrected chi connectivity index (χ4v) is 2.32. The van der Waals surface area contributed by atoms with Gasteiger partial charge in [-0.15, -0.1) is 0 Å². The van der Waals surface area contributed by atoms with Gasteiger partial charge in [-0.1, -0.05) is 27.5 Å². The summed E-state index contributed by atoms with van der Waals surface area (Å²) in [6.45, 7) is -0.417. The summed E-state index contributed by atoms with van der Waals surface area (Å²) in [5, 5.41) is 0.376. The van der Waals surface area contributed by atoms with Crippen molar-refractivity contribution >= 4 is 39.5 Å². The molecule has 0 aliphatic carbocycles. The van der Waals surface area contributed by atoms with Gasteiger partial charge in [-0.25, -0.2) is 9.59 Å². The molecule has 8 heteroatoms. The predicted octanol–water partition coefficient (Wildman–Crippen LogP) is 3.60. The molecule has 0 fully saturated rings. The lowest BCUT2D eigenvalue weighted by Crippen LogP contribution is -2.14. The molecule has 0 atom stereocenters. The molecular formula is C15H12BrClO6. The lowest BCUT2D eigenvalue weighted by molar-refractivity contribution is -0.147. The van der Waals surface area contributed by atoms with Crippen LogP contribution in [0.3, 0.4) is 0 Å². The third-order valence-electron chi connectivity index (χ3n) is 2.66. The van der Waals surface area contributed by atoms with Gasteiger partial charge in [-0.2, -0.15) is 0 Å². The van der Waals surface area contributed by atoms with Crippen molar-refractivity contribution in [3.63, 3.8) is 0 Å². The molecule has 0 amide bonds. The third-order valence-corrected chi connectivity index (χ3v) is 3.45. The van der Waals surface area contributed by atoms with E-state index in [9.17, 15) is 9.59 Å². The number of hydrogen-bond donors (Lipinski definition) is 0. The number of benzene rings is 1. The van der Waals surface area contributed by atoms with Gasteiger partial charge in [0.05, 0.1) is 12.1 Å². The van der Waals surface area contributed by atoms with E-state index in [-0.39, 0.29) is 19.0 Å². The van der Waals surface area contributed by atoms with Gasteiger partial charge in [0, 0.05) is 4.47 Å². The van der Waals surface area contributed by atoms with Gasteiger partial charge in [0.15, 0.2) is 6.61 Å². The molecule has 23 heavy (non-hydrogen) atoms. The van der Waals surface area contributed by atoms with Crippen molar-refractivity contribution < 1.29 is 28.2 Å². The van der Waals surface area contributed by atoms with Gasteiger partial charge in [-0.3, -0.25) is 0 Å². The van der Waals surface area contributed by atoms with Crippen LogP contribution in [-0.4, -0.2) is 25.7 Å². The zero-order valence-electron chi connectivity index (χ0n) is 12.0. The number of halogens is 2. The molecule has 0 saturated heterocycles. The van der Waals surface area contributed by atoms with Crippen molar-refractivity contribution in [2.45, 2.75) is 6.61 Å². The fourth-order valence-electron chi connectivity index (χ4n) is 1.59. The normalized spacial score (nSPS) is 10.2. The molecule has 6 nitrogen and oxygen atoms in total. The van der Waals surface area contributed by atoms with Crippen LogP contribution in [0.2, 0.25) is 5.02 Å². The van der Waals surface area contributed by atoms with Gasteiger partial charge in [0.2, 0.25) is 5.76 Å². The van der Waals surface area contributed by atoms with E-state index in [1.165, 1.54) is 19.2 Å². The minimum atomic E-state index is -0.601. The molecule has 2 rings (SSSR count). The lowest BCUT2D eigenvalue weighted by Gasteiger charge is -2.08. The van der Waals surface area contributed by atoms with Crippen molar-refractivity contribution in [1.82, 2.24) is 0 Å². The van der Waals surface area contributed by atoms with E-state index in [2.05, 4.69) is 20.7 Å². The Morgan fingerprint density at radius 2 is 2.04 bits per heavy atom. The molecule has 0 aliphatic heterocycles. The Balaban J connectivity index is 1.81. The Kier molecular flexibility index (Phi) is 6.06. The van der Waals surface area contributed by atoms with Crippen LogP contribution in [0, 0.1) is 0 Å². The van der Waals surface area contributed by atoms with Crippen LogP contribution in [0.1, 0.15) is 16.3 Å². The standard InChI is InChI=1S/C15H12BrClO6/c1-20-15(19)13-5-3-10(23-13)7-22-14(18)8-21-12-4-2-9(16)6-11(12)17/h2-6H,7-8H2,1H3. The van der Waals surface area contributed by atoms with Crippen molar-refractivity contribution in [3.05, 3.63) is 51.3 Å². The fraction of sp³-hybridized carbons (Fsp3) is 0.200. The monoisotopic (exact) mass is 402 g/mol. The predicted molar refractivity (Wildman–Crippen MR) is 84.5 cm³/mol. The Morgan fingerprint density at radius 1 is 1.26 bits per heavy atom. The summed E-state index contributed by atoms with van der Waals surface area (Å²) in [6.07, 6.45) is 0. The molecule has 1 heterocycles. The summed E-state index contributed by atoms with van der Waals surface area (Å²) >= 11 is 9.24. The zero-order chi connectivity index (χ0) is 16.8. The van der Waals surface area contributed by atoms with Crippen molar-refractivity contribution in [1.29, 1.82) is 0 Å². The molecule has 122 valence electrons. The van der Waals surface area contributed by atoms with E-state index in [1.54, 1.807) is 18.2 Å². The van der Waals surface area contributed by atoms with E-state index in [0.29, 0.717) is 16.5 Å². The number of hydrogen-bond acceptors (Lipinski definition) is 6. The van der Waals surface area contributed by atoms with Crippen molar-refractivity contribution in [2.24, 2.45) is 0 Å². The van der Waals surface area contributed by atoms with Crippen LogP contribution in [0.5, 0.6) is 5.75 Å². The first kappa shape index (κ1) is 17.4. The largest absolute Gasteiger partial charge is 0.480 e. The van der Waals surface area contributed by atoms with Crippen LogP contribution in [0.25, 0.3) is 0 Å². The zero-order valence-corrected chi connectivity index (χ0v) is 14.3. The van der Waals surface area contributed by atoms with Crippen LogP contribution >= 0.6 is 27.5 Å². The number of furan rings is 1. The molecule has 2 aromatic rings. The number of esters is 2. The molecule has 0 spiro atoms. The lowest BCUT2D eigenvalue weighted by atomic mass is 10.3. The summed E-state index contributed by atoms with van der Waals surface area (Å²) in [4.78, 5) is 22.9. The summed E-state index contributed by atoms with van der Waals surface area (Å²) in [5.41, 5.74) is 0. The molecule has 0 radical (unpaired) electrons. The second kappa shape index (κ2) is 8.03. The van der Waals surface area contributed by atoms with E-state index in [0.717, 1.165) is 4.47 Å². The highest BCUT2D eigenvalue weighted by Gasteiger charge is 2.13. The average Bonchev–Trinajstić information content (AvgIpc) is 3.00. The number of methoxy groups -OCH3 is 1. The van der Waals surface area contributed by atoms with E-state index < -0.39 is 11.9 Å². The summed E-state index contributed by atoms with van der Waals surface area (Å²) < 4.78 is 20.7. The molecule has 0 unspecified atom stereocenters. The minimum absolute atomic E-state index is 0.0384. The topological polar surface area (TPSA) is 75.0 Å². The first-order chi connectivity index (χ1) is 11.0. The second-order valence-electron chi connectivity index (χ2n) is 4.28. The first-order valence-electron chi connectivity index (χ1n) is 6.40. The number of ether oxygens (including phenoxy) is 3.